The van der Waals surface area contributed by atoms with Gasteiger partial charge in [0.25, 0.3) is 0 Å². The third kappa shape index (κ3) is 3.01. The molecule has 0 amide bonds. The molecule has 0 radical (unpaired) electrons. The summed E-state index contributed by atoms with van der Waals surface area (Å²) in [5.41, 5.74) is 1.41. The van der Waals surface area contributed by atoms with E-state index in [1.165, 1.54) is 24.3 Å². The van der Waals surface area contributed by atoms with Gasteiger partial charge in [0, 0.05) is 22.0 Å². The lowest BCUT2D eigenvalue weighted by Crippen LogP contribution is -2.44. The standard InChI is InChI=1S/C11H14BrNS/c12-10-3-1-9(2-4-10)7-14-8-11-5-6-13-11/h1-4,11,13H,5-8H2. The number of thioether (sulfide) groups is 1. The summed E-state index contributed by atoms with van der Waals surface area (Å²) < 4.78 is 1.16. The van der Waals surface area contributed by atoms with Crippen LogP contribution in [-0.2, 0) is 5.75 Å². The lowest BCUT2D eigenvalue weighted by molar-refractivity contribution is 0.405. The zero-order valence-corrected chi connectivity index (χ0v) is 10.4. The predicted molar refractivity (Wildman–Crippen MR) is 66.7 cm³/mol. The zero-order chi connectivity index (χ0) is 9.80. The highest BCUT2D eigenvalue weighted by Gasteiger charge is 2.15. The SMILES string of the molecule is Brc1ccc(CSCC2CCN2)cc1. The molecule has 1 nitrogen and oxygen atoms in total. The van der Waals surface area contributed by atoms with Gasteiger partial charge in [0.1, 0.15) is 0 Å². The van der Waals surface area contributed by atoms with E-state index in [1.807, 2.05) is 11.8 Å². The van der Waals surface area contributed by atoms with Crippen LogP contribution in [0.15, 0.2) is 28.7 Å². The van der Waals surface area contributed by atoms with Crippen molar-refractivity contribution >= 4 is 27.7 Å². The van der Waals surface area contributed by atoms with Crippen molar-refractivity contribution in [1.82, 2.24) is 5.32 Å². The summed E-state index contributed by atoms with van der Waals surface area (Å²) in [5.74, 6) is 2.38. The van der Waals surface area contributed by atoms with Crippen molar-refractivity contribution in [3.05, 3.63) is 34.3 Å². The number of halogens is 1. The molecule has 0 aliphatic carbocycles. The minimum absolute atomic E-state index is 0.774. The molecule has 1 unspecified atom stereocenters. The second kappa shape index (κ2) is 5.19. The highest BCUT2D eigenvalue weighted by molar-refractivity contribution is 9.10. The van der Waals surface area contributed by atoms with E-state index in [1.54, 1.807) is 0 Å². The van der Waals surface area contributed by atoms with Crippen molar-refractivity contribution in [2.45, 2.75) is 18.2 Å². The summed E-state index contributed by atoms with van der Waals surface area (Å²) in [5, 5.41) is 3.41. The first-order chi connectivity index (χ1) is 6.84. The Balaban J connectivity index is 1.71. The Morgan fingerprint density at radius 3 is 2.64 bits per heavy atom. The Labute approximate surface area is 97.8 Å². The normalized spacial score (nSPS) is 20.5. The number of hydrogen-bond acceptors (Lipinski definition) is 2. The van der Waals surface area contributed by atoms with Crippen LogP contribution in [0.3, 0.4) is 0 Å². The van der Waals surface area contributed by atoms with Gasteiger partial charge in [-0.2, -0.15) is 11.8 Å². The maximum atomic E-state index is 3.44. The Kier molecular flexibility index (Phi) is 3.90. The van der Waals surface area contributed by atoms with E-state index in [9.17, 15) is 0 Å². The van der Waals surface area contributed by atoms with Gasteiger partial charge >= 0.3 is 0 Å². The van der Waals surface area contributed by atoms with Crippen LogP contribution in [0, 0.1) is 0 Å². The third-order valence-corrected chi connectivity index (χ3v) is 4.13. The lowest BCUT2D eigenvalue weighted by Gasteiger charge is -2.27. The van der Waals surface area contributed by atoms with Gasteiger partial charge in [-0.25, -0.2) is 0 Å². The fourth-order valence-corrected chi connectivity index (χ4v) is 2.77. The van der Waals surface area contributed by atoms with Gasteiger partial charge < -0.3 is 5.32 Å². The number of nitrogens with one attached hydrogen (secondary N) is 1. The first kappa shape index (κ1) is 10.5. The average Bonchev–Trinajstić information content (AvgIpc) is 2.12. The Morgan fingerprint density at radius 2 is 2.07 bits per heavy atom. The van der Waals surface area contributed by atoms with Gasteiger partial charge in [0.2, 0.25) is 0 Å². The van der Waals surface area contributed by atoms with Gasteiger partial charge in [-0.05, 0) is 30.7 Å². The molecular weight excluding hydrogens is 258 g/mol. The highest BCUT2D eigenvalue weighted by atomic mass is 79.9. The third-order valence-electron chi connectivity index (χ3n) is 2.43. The summed E-state index contributed by atoms with van der Waals surface area (Å²) in [6.45, 7) is 1.21. The molecule has 1 atom stereocenters. The van der Waals surface area contributed by atoms with Crippen LogP contribution in [0.25, 0.3) is 0 Å². The van der Waals surface area contributed by atoms with E-state index in [0.717, 1.165) is 16.3 Å². The molecule has 1 aromatic carbocycles. The highest BCUT2D eigenvalue weighted by Crippen LogP contribution is 2.18. The van der Waals surface area contributed by atoms with Gasteiger partial charge in [-0.15, -0.1) is 0 Å². The van der Waals surface area contributed by atoms with Crippen molar-refractivity contribution in [3.8, 4) is 0 Å². The molecule has 0 spiro atoms. The van der Waals surface area contributed by atoms with E-state index < -0.39 is 0 Å². The largest absolute Gasteiger partial charge is 0.313 e. The van der Waals surface area contributed by atoms with Crippen LogP contribution in [0.5, 0.6) is 0 Å². The first-order valence-electron chi connectivity index (χ1n) is 4.90. The Hall–Kier alpha value is 0.01000. The summed E-state index contributed by atoms with van der Waals surface area (Å²) >= 11 is 5.46. The molecule has 1 heterocycles. The smallest absolute Gasteiger partial charge is 0.0185 e. The number of hydrogen-bond donors (Lipinski definition) is 1. The van der Waals surface area contributed by atoms with Crippen LogP contribution < -0.4 is 5.32 Å². The molecule has 0 saturated carbocycles. The second-order valence-corrected chi connectivity index (χ2v) is 5.53. The monoisotopic (exact) mass is 271 g/mol. The van der Waals surface area contributed by atoms with Crippen molar-refractivity contribution in [2.24, 2.45) is 0 Å². The summed E-state index contributed by atoms with van der Waals surface area (Å²) in [6.07, 6.45) is 1.35. The van der Waals surface area contributed by atoms with E-state index in [4.69, 9.17) is 0 Å². The van der Waals surface area contributed by atoms with Crippen molar-refractivity contribution < 1.29 is 0 Å². The molecule has 3 heteroatoms. The van der Waals surface area contributed by atoms with Gasteiger partial charge in [-0.1, -0.05) is 28.1 Å². The molecule has 1 N–H and O–H groups in total. The van der Waals surface area contributed by atoms with Crippen LogP contribution in [0.1, 0.15) is 12.0 Å². The van der Waals surface area contributed by atoms with Gasteiger partial charge in [0.05, 0.1) is 0 Å². The molecule has 76 valence electrons. The molecule has 14 heavy (non-hydrogen) atoms. The van der Waals surface area contributed by atoms with Crippen molar-refractivity contribution in [1.29, 1.82) is 0 Å². The first-order valence-corrected chi connectivity index (χ1v) is 6.85. The van der Waals surface area contributed by atoms with E-state index in [2.05, 4.69) is 45.5 Å². The molecular formula is C11H14BrNS. The summed E-state index contributed by atoms with van der Waals surface area (Å²) in [6, 6.07) is 9.36. The molecule has 1 fully saturated rings. The fraction of sp³-hybridized carbons (Fsp3) is 0.455. The second-order valence-electron chi connectivity index (χ2n) is 3.58. The molecule has 0 aromatic heterocycles. The molecule has 0 bridgehead atoms. The minimum atomic E-state index is 0.774. The van der Waals surface area contributed by atoms with E-state index in [0.29, 0.717) is 0 Å². The molecule has 1 aliphatic rings. The predicted octanol–water partition coefficient (Wildman–Crippen LogP) is 3.04. The van der Waals surface area contributed by atoms with Gasteiger partial charge in [-0.3, -0.25) is 0 Å². The zero-order valence-electron chi connectivity index (χ0n) is 8.00. The number of benzene rings is 1. The lowest BCUT2D eigenvalue weighted by atomic mass is 10.1. The summed E-state index contributed by atoms with van der Waals surface area (Å²) in [7, 11) is 0. The van der Waals surface area contributed by atoms with E-state index >= 15 is 0 Å². The van der Waals surface area contributed by atoms with Crippen molar-refractivity contribution in [3.63, 3.8) is 0 Å². The fourth-order valence-electron chi connectivity index (χ4n) is 1.39. The molecule has 1 aromatic rings. The van der Waals surface area contributed by atoms with E-state index in [-0.39, 0.29) is 0 Å². The van der Waals surface area contributed by atoms with Crippen LogP contribution >= 0.6 is 27.7 Å². The Morgan fingerprint density at radius 1 is 1.36 bits per heavy atom. The quantitative estimate of drug-likeness (QED) is 0.904. The molecule has 1 saturated heterocycles. The van der Waals surface area contributed by atoms with Gasteiger partial charge in [0.15, 0.2) is 0 Å². The average molecular weight is 272 g/mol. The van der Waals surface area contributed by atoms with Crippen LogP contribution in [0.4, 0.5) is 0 Å². The minimum Gasteiger partial charge on any atom is -0.313 e. The molecule has 2 rings (SSSR count). The van der Waals surface area contributed by atoms with Crippen molar-refractivity contribution in [2.75, 3.05) is 12.3 Å². The Bertz CT molecular complexity index is 282. The maximum Gasteiger partial charge on any atom is 0.0185 e. The van der Waals surface area contributed by atoms with Crippen LogP contribution in [-0.4, -0.2) is 18.3 Å². The molecule has 1 aliphatic heterocycles. The van der Waals surface area contributed by atoms with Crippen LogP contribution in [0.2, 0.25) is 0 Å². The maximum absolute atomic E-state index is 3.44. The number of rotatable bonds is 4. The topological polar surface area (TPSA) is 12.0 Å². The summed E-state index contributed by atoms with van der Waals surface area (Å²) in [4.78, 5) is 0.